The van der Waals surface area contributed by atoms with Crippen LogP contribution in [0.3, 0.4) is 0 Å². The fourth-order valence-electron chi connectivity index (χ4n) is 2.15. The van der Waals surface area contributed by atoms with Gasteiger partial charge in [0.2, 0.25) is 0 Å². The van der Waals surface area contributed by atoms with Crippen molar-refractivity contribution < 1.29 is 4.39 Å². The average Bonchev–Trinajstić information content (AvgIpc) is 2.37. The van der Waals surface area contributed by atoms with Crippen LogP contribution in [0.15, 0.2) is 18.2 Å². The van der Waals surface area contributed by atoms with Gasteiger partial charge in [0.25, 0.3) is 0 Å². The molecule has 0 aliphatic rings. The molecular weight excluding hydrogens is 227 g/mol. The molecule has 1 aromatic carbocycles. The molecule has 3 heteroatoms. The largest absolute Gasteiger partial charge is 0.372 e. The van der Waals surface area contributed by atoms with Crippen LogP contribution in [0.1, 0.15) is 44.7 Å². The van der Waals surface area contributed by atoms with Crippen molar-refractivity contribution in [3.8, 4) is 0 Å². The molecule has 1 atom stereocenters. The van der Waals surface area contributed by atoms with Crippen LogP contribution in [0.4, 0.5) is 10.1 Å². The fraction of sp³-hybridized carbons (Fsp3) is 0.600. The fourth-order valence-corrected chi connectivity index (χ4v) is 2.15. The van der Waals surface area contributed by atoms with E-state index in [1.165, 1.54) is 18.9 Å². The minimum Gasteiger partial charge on any atom is -0.372 e. The molecule has 0 fully saturated rings. The molecule has 1 aromatic rings. The lowest BCUT2D eigenvalue weighted by Gasteiger charge is -2.25. The minimum atomic E-state index is -0.131. The van der Waals surface area contributed by atoms with Gasteiger partial charge in [-0.2, -0.15) is 0 Å². The summed E-state index contributed by atoms with van der Waals surface area (Å²) in [5, 5.41) is 3.18. The molecule has 0 saturated carbocycles. The number of nitrogens with one attached hydrogen (secondary N) is 1. The smallest absolute Gasteiger partial charge is 0.146 e. The summed E-state index contributed by atoms with van der Waals surface area (Å²) in [7, 11) is 3.87. The Balaban J connectivity index is 2.91. The van der Waals surface area contributed by atoms with E-state index >= 15 is 0 Å². The van der Waals surface area contributed by atoms with E-state index in [2.05, 4.69) is 19.2 Å². The molecule has 0 heterocycles. The van der Waals surface area contributed by atoms with Crippen molar-refractivity contribution in [1.29, 1.82) is 0 Å². The summed E-state index contributed by atoms with van der Waals surface area (Å²) >= 11 is 0. The van der Waals surface area contributed by atoms with E-state index in [9.17, 15) is 4.39 Å². The van der Waals surface area contributed by atoms with Gasteiger partial charge in [0.1, 0.15) is 5.82 Å². The van der Waals surface area contributed by atoms with E-state index in [1.807, 2.05) is 25.1 Å². The molecule has 1 unspecified atom stereocenters. The summed E-state index contributed by atoms with van der Waals surface area (Å²) in [6.45, 7) is 5.13. The Morgan fingerprint density at radius 2 is 2.06 bits per heavy atom. The van der Waals surface area contributed by atoms with Crippen LogP contribution in [0.25, 0.3) is 0 Å². The number of rotatable bonds is 7. The number of halogens is 1. The summed E-state index contributed by atoms with van der Waals surface area (Å²) in [5.41, 5.74) is 1.76. The first-order chi connectivity index (χ1) is 8.61. The highest BCUT2D eigenvalue weighted by atomic mass is 19.1. The summed E-state index contributed by atoms with van der Waals surface area (Å²) < 4.78 is 14.0. The standard InChI is InChI=1S/C15H25FN2/c1-5-6-7-11-18(4)15-13(12(2)17-3)9-8-10-14(15)16/h8-10,12,17H,5-7,11H2,1-4H3. The molecule has 1 N–H and O–H groups in total. The Hall–Kier alpha value is -1.09. The molecule has 1 rings (SSSR count). The van der Waals surface area contributed by atoms with E-state index < -0.39 is 0 Å². The van der Waals surface area contributed by atoms with Crippen molar-refractivity contribution >= 4 is 5.69 Å². The number of benzene rings is 1. The van der Waals surface area contributed by atoms with Crippen molar-refractivity contribution in [2.45, 2.75) is 39.2 Å². The van der Waals surface area contributed by atoms with Gasteiger partial charge in [0.15, 0.2) is 0 Å². The van der Waals surface area contributed by atoms with Gasteiger partial charge in [0.05, 0.1) is 5.69 Å². The van der Waals surface area contributed by atoms with Crippen LogP contribution in [0.5, 0.6) is 0 Å². The monoisotopic (exact) mass is 252 g/mol. The minimum absolute atomic E-state index is 0.131. The van der Waals surface area contributed by atoms with E-state index in [0.717, 1.165) is 24.2 Å². The van der Waals surface area contributed by atoms with Crippen LogP contribution in [-0.2, 0) is 0 Å². The van der Waals surface area contributed by atoms with E-state index in [1.54, 1.807) is 6.07 Å². The third-order valence-electron chi connectivity index (χ3n) is 3.40. The molecule has 0 saturated heterocycles. The summed E-state index contributed by atoms with van der Waals surface area (Å²) in [5.74, 6) is -0.131. The zero-order valence-electron chi connectivity index (χ0n) is 12.0. The van der Waals surface area contributed by atoms with E-state index in [-0.39, 0.29) is 11.9 Å². The molecular formula is C15H25FN2. The number of hydrogen-bond donors (Lipinski definition) is 1. The Morgan fingerprint density at radius 1 is 1.33 bits per heavy atom. The molecule has 0 spiro atoms. The summed E-state index contributed by atoms with van der Waals surface area (Å²) in [4.78, 5) is 2.04. The first-order valence-electron chi connectivity index (χ1n) is 6.78. The van der Waals surface area contributed by atoms with Gasteiger partial charge in [-0.25, -0.2) is 4.39 Å². The number of unbranched alkanes of at least 4 members (excludes halogenated alkanes) is 2. The molecule has 0 aliphatic carbocycles. The molecule has 2 nitrogen and oxygen atoms in total. The van der Waals surface area contributed by atoms with Crippen LogP contribution >= 0.6 is 0 Å². The van der Waals surface area contributed by atoms with Gasteiger partial charge in [-0.05, 0) is 32.0 Å². The lowest BCUT2D eigenvalue weighted by atomic mass is 10.0. The third-order valence-corrected chi connectivity index (χ3v) is 3.40. The number of hydrogen-bond acceptors (Lipinski definition) is 2. The average molecular weight is 252 g/mol. The first-order valence-corrected chi connectivity index (χ1v) is 6.78. The number of anilines is 1. The molecule has 0 aromatic heterocycles. The highest BCUT2D eigenvalue weighted by Crippen LogP contribution is 2.28. The van der Waals surface area contributed by atoms with Crippen molar-refractivity contribution in [3.63, 3.8) is 0 Å². The van der Waals surface area contributed by atoms with E-state index in [0.29, 0.717) is 0 Å². The normalized spacial score (nSPS) is 12.5. The molecule has 0 radical (unpaired) electrons. The Labute approximate surface area is 110 Å². The van der Waals surface area contributed by atoms with Crippen molar-refractivity contribution in [3.05, 3.63) is 29.6 Å². The highest BCUT2D eigenvalue weighted by Gasteiger charge is 2.16. The van der Waals surface area contributed by atoms with Gasteiger partial charge in [-0.15, -0.1) is 0 Å². The SMILES string of the molecule is CCCCCN(C)c1c(F)cccc1C(C)NC. The molecule has 0 aliphatic heterocycles. The Bertz CT molecular complexity index is 366. The number of para-hydroxylation sites is 1. The van der Waals surface area contributed by atoms with Crippen molar-refractivity contribution in [1.82, 2.24) is 5.32 Å². The van der Waals surface area contributed by atoms with Gasteiger partial charge in [0, 0.05) is 19.6 Å². The predicted molar refractivity (Wildman–Crippen MR) is 76.7 cm³/mol. The second-order valence-corrected chi connectivity index (χ2v) is 4.82. The van der Waals surface area contributed by atoms with Crippen molar-refractivity contribution in [2.24, 2.45) is 0 Å². The Morgan fingerprint density at radius 3 is 2.67 bits per heavy atom. The second kappa shape index (κ2) is 7.37. The van der Waals surface area contributed by atoms with Crippen molar-refractivity contribution in [2.75, 3.05) is 25.5 Å². The molecule has 102 valence electrons. The zero-order chi connectivity index (χ0) is 13.5. The molecule has 0 bridgehead atoms. The van der Waals surface area contributed by atoms with E-state index in [4.69, 9.17) is 0 Å². The third kappa shape index (κ3) is 3.70. The predicted octanol–water partition coefficient (Wildman–Crippen LogP) is 3.73. The van der Waals surface area contributed by atoms with Gasteiger partial charge in [-0.3, -0.25) is 0 Å². The van der Waals surface area contributed by atoms with Crippen LogP contribution in [-0.4, -0.2) is 20.6 Å². The lowest BCUT2D eigenvalue weighted by Crippen LogP contribution is -2.24. The number of nitrogens with zero attached hydrogens (tertiary/aromatic N) is 1. The summed E-state index contributed by atoms with van der Waals surface area (Å²) in [6.07, 6.45) is 3.48. The molecule has 0 amide bonds. The second-order valence-electron chi connectivity index (χ2n) is 4.82. The lowest BCUT2D eigenvalue weighted by molar-refractivity contribution is 0.598. The molecule has 18 heavy (non-hydrogen) atoms. The quantitative estimate of drug-likeness (QED) is 0.744. The summed E-state index contributed by atoms with van der Waals surface area (Å²) in [6, 6.07) is 5.47. The van der Waals surface area contributed by atoms with Gasteiger partial charge < -0.3 is 10.2 Å². The van der Waals surface area contributed by atoms with Crippen LogP contribution in [0.2, 0.25) is 0 Å². The van der Waals surface area contributed by atoms with Gasteiger partial charge >= 0.3 is 0 Å². The maximum atomic E-state index is 14.0. The topological polar surface area (TPSA) is 15.3 Å². The maximum Gasteiger partial charge on any atom is 0.146 e. The highest BCUT2D eigenvalue weighted by molar-refractivity contribution is 5.55. The maximum absolute atomic E-state index is 14.0. The van der Waals surface area contributed by atoms with Crippen LogP contribution < -0.4 is 10.2 Å². The first kappa shape index (κ1) is 15.0. The zero-order valence-corrected chi connectivity index (χ0v) is 12.0. The van der Waals surface area contributed by atoms with Crippen LogP contribution in [0, 0.1) is 5.82 Å². The van der Waals surface area contributed by atoms with Gasteiger partial charge in [-0.1, -0.05) is 31.9 Å². The Kier molecular flexibility index (Phi) is 6.13.